The molecule has 0 aliphatic carbocycles. The van der Waals surface area contributed by atoms with Crippen LogP contribution in [-0.2, 0) is 10.0 Å². The van der Waals surface area contributed by atoms with Crippen LogP contribution in [0.2, 0.25) is 0 Å². The molecule has 1 aliphatic rings. The van der Waals surface area contributed by atoms with Crippen LogP contribution in [0.25, 0.3) is 0 Å². The molecule has 1 fully saturated rings. The standard InChI is InChI=1S/C17H25NO4S/c1-12(2)16-10-18(17(11-20)15(16)8-9-19)23(21,22)14-6-4-13(3)5-7-14/h4-7,15-17,19-20H,1,8-11H2,2-3H3/t15-,16+,17+/m1/s1. The minimum absolute atomic E-state index is 0.0383. The molecular formula is C17H25NO4S. The third-order valence-corrected chi connectivity index (χ3v) is 6.57. The number of aliphatic hydroxyl groups is 2. The number of aryl methyl sites for hydroxylation is 1. The first-order chi connectivity index (χ1) is 10.8. The molecular weight excluding hydrogens is 314 g/mol. The van der Waals surface area contributed by atoms with Crippen LogP contribution in [0.3, 0.4) is 0 Å². The van der Waals surface area contributed by atoms with E-state index in [1.165, 1.54) is 4.31 Å². The van der Waals surface area contributed by atoms with E-state index in [0.717, 1.165) is 11.1 Å². The molecule has 1 saturated heterocycles. The number of sulfonamides is 1. The van der Waals surface area contributed by atoms with Crippen LogP contribution >= 0.6 is 0 Å². The van der Waals surface area contributed by atoms with Crippen molar-refractivity contribution in [3.05, 3.63) is 42.0 Å². The number of hydrogen-bond acceptors (Lipinski definition) is 4. The van der Waals surface area contributed by atoms with Crippen molar-refractivity contribution in [1.82, 2.24) is 4.31 Å². The highest BCUT2D eigenvalue weighted by Crippen LogP contribution is 2.39. The molecule has 1 aromatic rings. The Morgan fingerprint density at radius 2 is 1.91 bits per heavy atom. The molecule has 1 heterocycles. The van der Waals surface area contributed by atoms with Crippen LogP contribution < -0.4 is 0 Å². The van der Waals surface area contributed by atoms with Gasteiger partial charge in [-0.1, -0.05) is 29.8 Å². The third-order valence-electron chi connectivity index (χ3n) is 4.67. The summed E-state index contributed by atoms with van der Waals surface area (Å²) < 4.78 is 27.3. The zero-order valence-corrected chi connectivity index (χ0v) is 14.5. The number of nitrogens with zero attached hydrogens (tertiary/aromatic N) is 1. The van der Waals surface area contributed by atoms with Gasteiger partial charge in [-0.2, -0.15) is 4.31 Å². The third kappa shape index (κ3) is 3.50. The summed E-state index contributed by atoms with van der Waals surface area (Å²) in [6.45, 7) is 7.71. The quantitative estimate of drug-likeness (QED) is 0.771. The highest BCUT2D eigenvalue weighted by molar-refractivity contribution is 7.89. The zero-order chi connectivity index (χ0) is 17.2. The lowest BCUT2D eigenvalue weighted by atomic mass is 9.84. The SMILES string of the molecule is C=C(C)[C@@H]1CN(S(=O)(=O)c2ccc(C)cc2)[C@@H](CO)[C@@H]1CCO. The van der Waals surface area contributed by atoms with Gasteiger partial charge in [0.15, 0.2) is 0 Å². The van der Waals surface area contributed by atoms with Crippen molar-refractivity contribution in [3.63, 3.8) is 0 Å². The van der Waals surface area contributed by atoms with Gasteiger partial charge >= 0.3 is 0 Å². The molecule has 2 N–H and O–H groups in total. The van der Waals surface area contributed by atoms with E-state index in [2.05, 4.69) is 6.58 Å². The summed E-state index contributed by atoms with van der Waals surface area (Å²) in [4.78, 5) is 0.228. The molecule has 1 aliphatic heterocycles. The topological polar surface area (TPSA) is 77.8 Å². The smallest absolute Gasteiger partial charge is 0.243 e. The van der Waals surface area contributed by atoms with Crippen LogP contribution in [0.4, 0.5) is 0 Å². The summed E-state index contributed by atoms with van der Waals surface area (Å²) in [5.74, 6) is -0.178. The van der Waals surface area contributed by atoms with E-state index in [1.54, 1.807) is 24.3 Å². The van der Waals surface area contributed by atoms with Crippen molar-refractivity contribution >= 4 is 10.0 Å². The zero-order valence-electron chi connectivity index (χ0n) is 13.6. The number of hydrogen-bond donors (Lipinski definition) is 2. The molecule has 3 atom stereocenters. The van der Waals surface area contributed by atoms with Crippen molar-refractivity contribution < 1.29 is 18.6 Å². The maximum absolute atomic E-state index is 13.0. The largest absolute Gasteiger partial charge is 0.396 e. The maximum atomic E-state index is 13.0. The average Bonchev–Trinajstić information content (AvgIpc) is 2.87. The Kier molecular flexibility index (Phi) is 5.62. The summed E-state index contributed by atoms with van der Waals surface area (Å²) in [6.07, 6.45) is 0.447. The Morgan fingerprint density at radius 1 is 1.30 bits per heavy atom. The molecule has 0 bridgehead atoms. The Bertz CT molecular complexity index is 654. The van der Waals surface area contributed by atoms with Crippen LogP contribution in [0.5, 0.6) is 0 Å². The van der Waals surface area contributed by atoms with Crippen molar-refractivity contribution in [1.29, 1.82) is 0 Å². The van der Waals surface area contributed by atoms with E-state index in [1.807, 2.05) is 13.8 Å². The normalized spacial score (nSPS) is 25.7. The first-order valence-electron chi connectivity index (χ1n) is 7.78. The predicted octanol–water partition coefficient (Wildman–Crippen LogP) is 1.55. The Hall–Kier alpha value is -1.21. The van der Waals surface area contributed by atoms with E-state index >= 15 is 0 Å². The lowest BCUT2D eigenvalue weighted by Crippen LogP contribution is -2.40. The minimum atomic E-state index is -3.68. The van der Waals surface area contributed by atoms with Gasteiger partial charge in [-0.05, 0) is 44.2 Å². The second-order valence-corrected chi connectivity index (χ2v) is 8.16. The fraction of sp³-hybridized carbons (Fsp3) is 0.529. The molecule has 128 valence electrons. The molecule has 0 radical (unpaired) electrons. The molecule has 0 aromatic heterocycles. The second kappa shape index (κ2) is 7.13. The maximum Gasteiger partial charge on any atom is 0.243 e. The fourth-order valence-corrected chi connectivity index (χ4v) is 5.05. The van der Waals surface area contributed by atoms with E-state index in [-0.39, 0.29) is 29.9 Å². The molecule has 0 spiro atoms. The molecule has 0 unspecified atom stereocenters. The van der Waals surface area contributed by atoms with E-state index in [9.17, 15) is 18.6 Å². The van der Waals surface area contributed by atoms with Gasteiger partial charge in [-0.15, -0.1) is 0 Å². The molecule has 0 saturated carbocycles. The summed E-state index contributed by atoms with van der Waals surface area (Å²) in [6, 6.07) is 6.18. The number of aliphatic hydroxyl groups excluding tert-OH is 2. The van der Waals surface area contributed by atoms with Crippen molar-refractivity contribution in [3.8, 4) is 0 Å². The van der Waals surface area contributed by atoms with Gasteiger partial charge in [0.1, 0.15) is 0 Å². The predicted molar refractivity (Wildman–Crippen MR) is 89.4 cm³/mol. The summed E-state index contributed by atoms with van der Waals surface area (Å²) in [5.41, 5.74) is 1.87. The first kappa shape index (κ1) is 18.1. The van der Waals surface area contributed by atoms with E-state index < -0.39 is 16.1 Å². The number of rotatable bonds is 6. The van der Waals surface area contributed by atoms with Gasteiger partial charge in [0.25, 0.3) is 0 Å². The Morgan fingerprint density at radius 3 is 2.39 bits per heavy atom. The average molecular weight is 339 g/mol. The molecule has 0 amide bonds. The fourth-order valence-electron chi connectivity index (χ4n) is 3.36. The summed E-state index contributed by atoms with van der Waals surface area (Å²) in [7, 11) is -3.68. The van der Waals surface area contributed by atoms with E-state index in [4.69, 9.17) is 0 Å². The monoisotopic (exact) mass is 339 g/mol. The van der Waals surface area contributed by atoms with Crippen molar-refractivity contribution in [2.24, 2.45) is 11.8 Å². The van der Waals surface area contributed by atoms with Crippen molar-refractivity contribution in [2.45, 2.75) is 31.2 Å². The lowest BCUT2D eigenvalue weighted by molar-refractivity contribution is 0.160. The first-order valence-corrected chi connectivity index (χ1v) is 9.22. The Labute approximate surface area is 138 Å². The molecule has 6 heteroatoms. The van der Waals surface area contributed by atoms with Crippen LogP contribution in [0, 0.1) is 18.8 Å². The van der Waals surface area contributed by atoms with Crippen LogP contribution in [-0.4, -0.2) is 48.7 Å². The highest BCUT2D eigenvalue weighted by Gasteiger charge is 2.46. The second-order valence-electron chi connectivity index (χ2n) is 6.27. The van der Waals surface area contributed by atoms with Crippen molar-refractivity contribution in [2.75, 3.05) is 19.8 Å². The molecule has 1 aromatic carbocycles. The number of benzene rings is 1. The van der Waals surface area contributed by atoms with Gasteiger partial charge in [-0.3, -0.25) is 0 Å². The molecule has 5 nitrogen and oxygen atoms in total. The van der Waals surface area contributed by atoms with Gasteiger partial charge in [-0.25, -0.2) is 8.42 Å². The molecule has 23 heavy (non-hydrogen) atoms. The summed E-state index contributed by atoms with van der Waals surface area (Å²) >= 11 is 0. The highest BCUT2D eigenvalue weighted by atomic mass is 32.2. The van der Waals surface area contributed by atoms with Gasteiger partial charge < -0.3 is 10.2 Å². The van der Waals surface area contributed by atoms with Gasteiger partial charge in [0.05, 0.1) is 17.5 Å². The van der Waals surface area contributed by atoms with E-state index in [0.29, 0.717) is 13.0 Å². The molecule has 2 rings (SSSR count). The summed E-state index contributed by atoms with van der Waals surface area (Å²) in [5, 5.41) is 19.1. The van der Waals surface area contributed by atoms with Crippen LogP contribution in [0.1, 0.15) is 18.9 Å². The Balaban J connectivity index is 2.40. The van der Waals surface area contributed by atoms with Gasteiger partial charge in [0, 0.05) is 13.2 Å². The van der Waals surface area contributed by atoms with Gasteiger partial charge in [0.2, 0.25) is 10.0 Å². The minimum Gasteiger partial charge on any atom is -0.396 e. The van der Waals surface area contributed by atoms with Crippen LogP contribution in [0.15, 0.2) is 41.3 Å². The lowest BCUT2D eigenvalue weighted by Gasteiger charge is -2.26.